The topological polar surface area (TPSA) is 12.0 Å². The zero-order valence-electron chi connectivity index (χ0n) is 11.0. The molecule has 0 fully saturated rings. The first-order valence-corrected chi connectivity index (χ1v) is 7.77. The van der Waals surface area contributed by atoms with E-state index in [1.807, 2.05) is 0 Å². The monoisotopic (exact) mass is 257 g/mol. The van der Waals surface area contributed by atoms with E-state index < -0.39 is 7.43 Å². The third-order valence-electron chi connectivity index (χ3n) is 2.48. The molecule has 0 heterocycles. The maximum absolute atomic E-state index is 6.43. The van der Waals surface area contributed by atoms with Crippen LogP contribution in [0.2, 0.25) is 0 Å². The number of nitrogens with one attached hydrogen (secondary N) is 1. The van der Waals surface area contributed by atoms with Gasteiger partial charge in [0.25, 0.3) is 0 Å². The maximum atomic E-state index is 6.43. The van der Waals surface area contributed by atoms with Gasteiger partial charge in [0, 0.05) is 10.8 Å². The van der Waals surface area contributed by atoms with Crippen molar-refractivity contribution in [3.05, 3.63) is 28.8 Å². The molecule has 1 aromatic rings. The minimum Gasteiger partial charge on any atom is -0.351 e. The van der Waals surface area contributed by atoms with E-state index in [2.05, 4.69) is 58.8 Å². The van der Waals surface area contributed by atoms with Crippen molar-refractivity contribution in [3.63, 3.8) is 0 Å². The van der Waals surface area contributed by atoms with Crippen LogP contribution in [0.1, 0.15) is 37.5 Å². The molecule has 1 aromatic carbocycles. The quantitative estimate of drug-likeness (QED) is 0.702. The molecule has 0 aromatic heterocycles. The summed E-state index contributed by atoms with van der Waals surface area (Å²) in [4.78, 5) is 0. The highest BCUT2D eigenvalue weighted by Crippen LogP contribution is 2.54. The molecule has 16 heavy (non-hydrogen) atoms. The Morgan fingerprint density at radius 3 is 1.88 bits per heavy atom. The highest BCUT2D eigenvalue weighted by molar-refractivity contribution is 7.86. The second-order valence-corrected chi connectivity index (χ2v) is 8.48. The van der Waals surface area contributed by atoms with E-state index in [-0.39, 0.29) is 5.16 Å². The molecular weight excluding hydrogens is 237 g/mol. The summed E-state index contributed by atoms with van der Waals surface area (Å²) in [6.45, 7) is 12.9. The number of benzene rings is 1. The van der Waals surface area contributed by atoms with Gasteiger partial charge in [0.2, 0.25) is 0 Å². The molecular formula is C13H21ClNP. The Hall–Kier alpha value is -0.260. The summed E-state index contributed by atoms with van der Waals surface area (Å²) in [6, 6.07) is 4.39. The lowest BCUT2D eigenvalue weighted by atomic mass is 10.1. The molecule has 0 radical (unpaired) electrons. The number of hydrogen-bond acceptors (Lipinski definition) is 1. The van der Waals surface area contributed by atoms with Gasteiger partial charge in [0.15, 0.2) is 0 Å². The lowest BCUT2D eigenvalue weighted by molar-refractivity contribution is 0.793. The second-order valence-electron chi connectivity index (χ2n) is 5.34. The van der Waals surface area contributed by atoms with Crippen molar-refractivity contribution in [2.75, 3.05) is 5.09 Å². The van der Waals surface area contributed by atoms with Crippen LogP contribution in [0, 0.1) is 20.8 Å². The SMILES string of the molecule is Cc1cc(C)c(NP(Cl)C(C)(C)C)c(C)c1. The highest BCUT2D eigenvalue weighted by Gasteiger charge is 2.23. The Bertz CT molecular complexity index is 359. The van der Waals surface area contributed by atoms with Gasteiger partial charge in [-0.25, -0.2) is 0 Å². The summed E-state index contributed by atoms with van der Waals surface area (Å²) in [5.41, 5.74) is 5.04. The molecule has 0 aliphatic carbocycles. The van der Waals surface area contributed by atoms with Crippen molar-refractivity contribution in [1.29, 1.82) is 0 Å². The van der Waals surface area contributed by atoms with Crippen LogP contribution in [0.15, 0.2) is 12.1 Å². The Labute approximate surface area is 105 Å². The number of rotatable bonds is 2. The van der Waals surface area contributed by atoms with Crippen LogP contribution in [0.5, 0.6) is 0 Å². The van der Waals surface area contributed by atoms with Crippen LogP contribution in [-0.4, -0.2) is 5.16 Å². The average Bonchev–Trinajstić information content (AvgIpc) is 2.08. The van der Waals surface area contributed by atoms with Gasteiger partial charge in [-0.15, -0.1) is 0 Å². The number of anilines is 1. The standard InChI is InChI=1S/C13H21ClNP/c1-9-7-10(2)12(11(3)8-9)15-16(14)13(4,5)6/h7-8,15H,1-6H3. The first kappa shape index (κ1) is 13.8. The van der Waals surface area contributed by atoms with Crippen LogP contribution < -0.4 is 5.09 Å². The fraction of sp³-hybridized carbons (Fsp3) is 0.538. The minimum atomic E-state index is -0.718. The first-order valence-electron chi connectivity index (χ1n) is 5.52. The van der Waals surface area contributed by atoms with Gasteiger partial charge in [-0.3, -0.25) is 0 Å². The van der Waals surface area contributed by atoms with E-state index in [0.29, 0.717) is 0 Å². The van der Waals surface area contributed by atoms with Crippen molar-refractivity contribution in [2.24, 2.45) is 0 Å². The summed E-state index contributed by atoms with van der Waals surface area (Å²) in [6.07, 6.45) is 0. The molecule has 90 valence electrons. The number of aryl methyl sites for hydroxylation is 3. The fourth-order valence-electron chi connectivity index (χ4n) is 1.62. The molecule has 0 saturated heterocycles. The van der Waals surface area contributed by atoms with Crippen LogP contribution in [0.25, 0.3) is 0 Å². The predicted molar refractivity (Wildman–Crippen MR) is 76.8 cm³/mol. The second kappa shape index (κ2) is 4.94. The normalized spacial score (nSPS) is 13.7. The van der Waals surface area contributed by atoms with Crippen LogP contribution >= 0.6 is 18.7 Å². The van der Waals surface area contributed by atoms with E-state index in [9.17, 15) is 0 Å². The Kier molecular flexibility index (Phi) is 4.26. The van der Waals surface area contributed by atoms with E-state index in [1.165, 1.54) is 22.4 Å². The molecule has 1 nitrogen and oxygen atoms in total. The Morgan fingerprint density at radius 2 is 1.50 bits per heavy atom. The van der Waals surface area contributed by atoms with Crippen LogP contribution in [0.3, 0.4) is 0 Å². The summed E-state index contributed by atoms with van der Waals surface area (Å²) in [7, 11) is -0.718. The molecule has 1 unspecified atom stereocenters. The van der Waals surface area contributed by atoms with E-state index in [4.69, 9.17) is 11.2 Å². The van der Waals surface area contributed by atoms with Crippen molar-refractivity contribution in [1.82, 2.24) is 0 Å². The van der Waals surface area contributed by atoms with Crippen LogP contribution in [0.4, 0.5) is 5.69 Å². The Balaban J connectivity index is 2.98. The number of halogens is 1. The predicted octanol–water partition coefficient (Wildman–Crippen LogP) is 5.37. The zero-order valence-corrected chi connectivity index (χ0v) is 12.6. The molecule has 1 atom stereocenters. The molecule has 3 heteroatoms. The molecule has 0 saturated carbocycles. The van der Waals surface area contributed by atoms with Gasteiger partial charge in [-0.05, 0) is 31.9 Å². The molecule has 0 amide bonds. The molecule has 0 aliphatic rings. The summed E-state index contributed by atoms with van der Waals surface area (Å²) in [5.74, 6) is 0. The molecule has 1 N–H and O–H groups in total. The Morgan fingerprint density at radius 1 is 1.06 bits per heavy atom. The average molecular weight is 258 g/mol. The fourth-order valence-corrected chi connectivity index (χ4v) is 2.76. The van der Waals surface area contributed by atoms with Gasteiger partial charge >= 0.3 is 0 Å². The highest BCUT2D eigenvalue weighted by atomic mass is 35.7. The van der Waals surface area contributed by atoms with E-state index >= 15 is 0 Å². The lowest BCUT2D eigenvalue weighted by Gasteiger charge is -2.27. The van der Waals surface area contributed by atoms with Gasteiger partial charge in [0.1, 0.15) is 0 Å². The lowest BCUT2D eigenvalue weighted by Crippen LogP contribution is -2.13. The molecule has 0 spiro atoms. The first-order chi connectivity index (χ1) is 7.21. The van der Waals surface area contributed by atoms with E-state index in [1.54, 1.807) is 0 Å². The maximum Gasteiger partial charge on any atom is 0.0919 e. The van der Waals surface area contributed by atoms with Crippen LogP contribution in [-0.2, 0) is 0 Å². The molecule has 0 bridgehead atoms. The third-order valence-corrected chi connectivity index (χ3v) is 5.85. The van der Waals surface area contributed by atoms with E-state index in [0.717, 1.165) is 0 Å². The van der Waals surface area contributed by atoms with Crippen molar-refractivity contribution < 1.29 is 0 Å². The van der Waals surface area contributed by atoms with Gasteiger partial charge < -0.3 is 5.09 Å². The zero-order chi connectivity index (χ0) is 12.5. The molecule has 1 rings (SSSR count). The van der Waals surface area contributed by atoms with Gasteiger partial charge in [-0.1, -0.05) is 49.7 Å². The third kappa shape index (κ3) is 3.37. The summed E-state index contributed by atoms with van der Waals surface area (Å²) in [5, 5.41) is 3.59. The largest absolute Gasteiger partial charge is 0.351 e. The van der Waals surface area contributed by atoms with Gasteiger partial charge in [0.05, 0.1) is 7.43 Å². The smallest absolute Gasteiger partial charge is 0.0919 e. The molecule has 0 aliphatic heterocycles. The minimum absolute atomic E-state index is 0.112. The van der Waals surface area contributed by atoms with Crippen molar-refractivity contribution >= 4 is 24.4 Å². The summed E-state index contributed by atoms with van der Waals surface area (Å²) < 4.78 is 0. The van der Waals surface area contributed by atoms with Crippen molar-refractivity contribution in [2.45, 2.75) is 46.7 Å². The van der Waals surface area contributed by atoms with Crippen molar-refractivity contribution in [3.8, 4) is 0 Å². The summed E-state index contributed by atoms with van der Waals surface area (Å²) >= 11 is 6.43. The number of hydrogen-bond donors (Lipinski definition) is 1. The van der Waals surface area contributed by atoms with Gasteiger partial charge in [-0.2, -0.15) is 0 Å².